The zero-order chi connectivity index (χ0) is 15.8. The Morgan fingerprint density at radius 1 is 1.33 bits per heavy atom. The molecule has 6 heteroatoms. The van der Waals surface area contributed by atoms with Crippen molar-refractivity contribution in [2.24, 2.45) is 5.92 Å². The SMILES string of the molecule is COc1c(N)cccc1C(=O)OCC(=O)NCCC(C)C. The maximum Gasteiger partial charge on any atom is 0.342 e. The predicted molar refractivity (Wildman–Crippen MR) is 80.2 cm³/mol. The van der Waals surface area contributed by atoms with E-state index in [9.17, 15) is 9.59 Å². The minimum Gasteiger partial charge on any atom is -0.494 e. The zero-order valence-electron chi connectivity index (χ0n) is 12.6. The first-order valence-corrected chi connectivity index (χ1v) is 6.82. The first-order valence-electron chi connectivity index (χ1n) is 6.82. The van der Waals surface area contributed by atoms with E-state index in [4.69, 9.17) is 15.2 Å². The van der Waals surface area contributed by atoms with Gasteiger partial charge in [0.05, 0.1) is 12.8 Å². The van der Waals surface area contributed by atoms with Crippen molar-refractivity contribution >= 4 is 17.6 Å². The average Bonchev–Trinajstić information content (AvgIpc) is 2.44. The molecule has 1 rings (SSSR count). The molecular formula is C15H22N2O4. The van der Waals surface area contributed by atoms with E-state index < -0.39 is 5.97 Å². The number of nitrogen functional groups attached to an aromatic ring is 1. The summed E-state index contributed by atoms with van der Waals surface area (Å²) in [7, 11) is 1.42. The lowest BCUT2D eigenvalue weighted by molar-refractivity contribution is -0.124. The van der Waals surface area contributed by atoms with Gasteiger partial charge in [0.2, 0.25) is 0 Å². The first-order chi connectivity index (χ1) is 9.95. The maximum atomic E-state index is 11.9. The van der Waals surface area contributed by atoms with E-state index in [1.165, 1.54) is 13.2 Å². The van der Waals surface area contributed by atoms with E-state index >= 15 is 0 Å². The molecule has 1 aromatic rings. The number of para-hydroxylation sites is 1. The highest BCUT2D eigenvalue weighted by molar-refractivity contribution is 5.95. The zero-order valence-corrected chi connectivity index (χ0v) is 12.6. The van der Waals surface area contributed by atoms with Crippen LogP contribution in [-0.2, 0) is 9.53 Å². The number of carbonyl (C=O) groups excluding carboxylic acids is 2. The number of benzene rings is 1. The molecule has 0 spiro atoms. The molecule has 0 heterocycles. The van der Waals surface area contributed by atoms with Crippen molar-refractivity contribution in [3.05, 3.63) is 23.8 Å². The topological polar surface area (TPSA) is 90.7 Å². The largest absolute Gasteiger partial charge is 0.494 e. The van der Waals surface area contributed by atoms with Gasteiger partial charge >= 0.3 is 5.97 Å². The summed E-state index contributed by atoms with van der Waals surface area (Å²) in [6, 6.07) is 4.78. The average molecular weight is 294 g/mol. The van der Waals surface area contributed by atoms with Gasteiger partial charge in [-0.25, -0.2) is 4.79 Å². The van der Waals surface area contributed by atoms with Gasteiger partial charge in [-0.15, -0.1) is 0 Å². The molecule has 0 radical (unpaired) electrons. The molecule has 0 saturated heterocycles. The van der Waals surface area contributed by atoms with Crippen molar-refractivity contribution in [2.75, 3.05) is 26.0 Å². The molecule has 0 saturated carbocycles. The molecule has 0 aliphatic carbocycles. The van der Waals surface area contributed by atoms with Crippen LogP contribution >= 0.6 is 0 Å². The third-order valence-corrected chi connectivity index (χ3v) is 2.85. The Balaban J connectivity index is 2.51. The van der Waals surface area contributed by atoms with Crippen molar-refractivity contribution in [1.29, 1.82) is 0 Å². The summed E-state index contributed by atoms with van der Waals surface area (Å²) in [6.07, 6.45) is 0.878. The summed E-state index contributed by atoms with van der Waals surface area (Å²) >= 11 is 0. The number of nitrogens with one attached hydrogen (secondary N) is 1. The number of hydrogen-bond acceptors (Lipinski definition) is 5. The smallest absolute Gasteiger partial charge is 0.342 e. The summed E-state index contributed by atoms with van der Waals surface area (Å²) in [5.74, 6) is -0.211. The van der Waals surface area contributed by atoms with Gasteiger partial charge in [-0.3, -0.25) is 4.79 Å². The number of amides is 1. The molecule has 0 bridgehead atoms. The van der Waals surface area contributed by atoms with E-state index in [0.29, 0.717) is 18.2 Å². The summed E-state index contributed by atoms with van der Waals surface area (Å²) < 4.78 is 10.0. The van der Waals surface area contributed by atoms with Crippen LogP contribution in [0.4, 0.5) is 5.69 Å². The van der Waals surface area contributed by atoms with Crippen LogP contribution in [0.1, 0.15) is 30.6 Å². The Bertz CT molecular complexity index is 500. The first kappa shape index (κ1) is 16.8. The normalized spacial score (nSPS) is 10.3. The molecule has 0 aliphatic rings. The lowest BCUT2D eigenvalue weighted by atomic mass is 10.1. The van der Waals surface area contributed by atoms with Crippen molar-refractivity contribution in [3.63, 3.8) is 0 Å². The van der Waals surface area contributed by atoms with Crippen LogP contribution < -0.4 is 15.8 Å². The Morgan fingerprint density at radius 2 is 2.05 bits per heavy atom. The Kier molecular flexibility index (Phi) is 6.52. The molecule has 1 amide bonds. The number of hydrogen-bond donors (Lipinski definition) is 2. The van der Waals surface area contributed by atoms with Gasteiger partial charge in [-0.05, 0) is 24.5 Å². The molecule has 3 N–H and O–H groups in total. The fraction of sp³-hybridized carbons (Fsp3) is 0.467. The molecule has 116 valence electrons. The van der Waals surface area contributed by atoms with Crippen LogP contribution in [0.3, 0.4) is 0 Å². The lowest BCUT2D eigenvalue weighted by Gasteiger charge is -2.11. The van der Waals surface area contributed by atoms with Crippen LogP contribution in [-0.4, -0.2) is 32.1 Å². The van der Waals surface area contributed by atoms with Gasteiger partial charge in [0.15, 0.2) is 12.4 Å². The number of nitrogens with two attached hydrogens (primary N) is 1. The number of methoxy groups -OCH3 is 1. The number of anilines is 1. The number of esters is 1. The van der Waals surface area contributed by atoms with E-state index in [2.05, 4.69) is 19.2 Å². The Morgan fingerprint density at radius 3 is 2.67 bits per heavy atom. The van der Waals surface area contributed by atoms with Crippen molar-refractivity contribution in [1.82, 2.24) is 5.32 Å². The second-order valence-electron chi connectivity index (χ2n) is 5.04. The van der Waals surface area contributed by atoms with Crippen molar-refractivity contribution < 1.29 is 19.1 Å². The van der Waals surface area contributed by atoms with Crippen LogP contribution in [0, 0.1) is 5.92 Å². The van der Waals surface area contributed by atoms with Gasteiger partial charge in [0, 0.05) is 6.54 Å². The second-order valence-corrected chi connectivity index (χ2v) is 5.04. The standard InChI is InChI=1S/C15H22N2O4/c1-10(2)7-8-17-13(18)9-21-15(19)11-5-4-6-12(16)14(11)20-3/h4-6,10H,7-9,16H2,1-3H3,(H,17,18). The Labute approximate surface area is 124 Å². The molecule has 1 aromatic carbocycles. The predicted octanol–water partition coefficient (Wildman–Crippen LogP) is 1.60. The molecular weight excluding hydrogens is 272 g/mol. The molecule has 0 fully saturated rings. The van der Waals surface area contributed by atoms with Crippen LogP contribution in [0.2, 0.25) is 0 Å². The quantitative estimate of drug-likeness (QED) is 0.589. The van der Waals surface area contributed by atoms with Gasteiger partial charge in [-0.2, -0.15) is 0 Å². The fourth-order valence-electron chi connectivity index (χ4n) is 1.70. The third kappa shape index (κ3) is 5.33. The van der Waals surface area contributed by atoms with E-state index in [0.717, 1.165) is 6.42 Å². The van der Waals surface area contributed by atoms with Gasteiger partial charge in [0.25, 0.3) is 5.91 Å². The summed E-state index contributed by atoms with van der Waals surface area (Å²) in [5.41, 5.74) is 6.25. The molecule has 0 aromatic heterocycles. The van der Waals surface area contributed by atoms with E-state index in [-0.39, 0.29) is 23.8 Å². The highest BCUT2D eigenvalue weighted by Crippen LogP contribution is 2.26. The Hall–Kier alpha value is -2.24. The second kappa shape index (κ2) is 8.14. The minimum absolute atomic E-state index is 0.201. The van der Waals surface area contributed by atoms with Crippen LogP contribution in [0.15, 0.2) is 18.2 Å². The fourth-order valence-corrected chi connectivity index (χ4v) is 1.70. The maximum absolute atomic E-state index is 11.9. The van der Waals surface area contributed by atoms with Crippen LogP contribution in [0.25, 0.3) is 0 Å². The van der Waals surface area contributed by atoms with Gasteiger partial charge in [-0.1, -0.05) is 19.9 Å². The monoisotopic (exact) mass is 294 g/mol. The summed E-state index contributed by atoms with van der Waals surface area (Å²) in [4.78, 5) is 23.5. The number of ether oxygens (including phenoxy) is 2. The molecule has 6 nitrogen and oxygen atoms in total. The molecule has 0 unspecified atom stereocenters. The number of carbonyl (C=O) groups is 2. The van der Waals surface area contributed by atoms with E-state index in [1.54, 1.807) is 12.1 Å². The summed E-state index contributed by atoms with van der Waals surface area (Å²) in [5, 5.41) is 2.69. The third-order valence-electron chi connectivity index (χ3n) is 2.85. The molecule has 0 aliphatic heterocycles. The highest BCUT2D eigenvalue weighted by Gasteiger charge is 2.16. The van der Waals surface area contributed by atoms with Gasteiger partial charge in [0.1, 0.15) is 5.56 Å². The van der Waals surface area contributed by atoms with Crippen LogP contribution in [0.5, 0.6) is 5.75 Å². The highest BCUT2D eigenvalue weighted by atomic mass is 16.5. The van der Waals surface area contributed by atoms with Crippen molar-refractivity contribution in [2.45, 2.75) is 20.3 Å². The molecule has 21 heavy (non-hydrogen) atoms. The lowest BCUT2D eigenvalue weighted by Crippen LogP contribution is -2.30. The van der Waals surface area contributed by atoms with E-state index in [1.807, 2.05) is 0 Å². The summed E-state index contributed by atoms with van der Waals surface area (Å²) in [6.45, 7) is 4.38. The number of rotatable bonds is 7. The minimum atomic E-state index is -0.641. The van der Waals surface area contributed by atoms with Crippen molar-refractivity contribution in [3.8, 4) is 5.75 Å². The van der Waals surface area contributed by atoms with Gasteiger partial charge < -0.3 is 20.5 Å². The molecule has 0 atom stereocenters.